The molecule has 3 heteroatoms. The van der Waals surface area contributed by atoms with Gasteiger partial charge in [-0.3, -0.25) is 4.79 Å². The summed E-state index contributed by atoms with van der Waals surface area (Å²) >= 11 is 0. The van der Waals surface area contributed by atoms with Gasteiger partial charge in [-0.25, -0.2) is 0 Å². The summed E-state index contributed by atoms with van der Waals surface area (Å²) in [5.41, 5.74) is 0. The summed E-state index contributed by atoms with van der Waals surface area (Å²) in [5.74, 6) is -0.271. The van der Waals surface area contributed by atoms with Crippen LogP contribution < -0.4 is 0 Å². The molecule has 1 rings (SSSR count). The van der Waals surface area contributed by atoms with Crippen LogP contribution in [0.2, 0.25) is 0 Å². The van der Waals surface area contributed by atoms with Gasteiger partial charge in [-0.15, -0.1) is 0 Å². The van der Waals surface area contributed by atoms with Crippen LogP contribution in [0.3, 0.4) is 0 Å². The Bertz CT molecular complexity index is 243. The van der Waals surface area contributed by atoms with Crippen molar-refractivity contribution in [1.82, 2.24) is 4.90 Å². The number of carboxylic acids is 1. The van der Waals surface area contributed by atoms with Gasteiger partial charge in [-0.2, -0.15) is 0 Å². The second-order valence-electron chi connectivity index (χ2n) is 5.80. The Labute approximate surface area is 112 Å². The summed E-state index contributed by atoms with van der Waals surface area (Å²) in [6.45, 7) is 6.69. The van der Waals surface area contributed by atoms with Crippen molar-refractivity contribution in [2.45, 2.75) is 71.3 Å². The summed E-state index contributed by atoms with van der Waals surface area (Å²) in [7, 11) is 0. The van der Waals surface area contributed by atoms with E-state index in [0.29, 0.717) is 18.4 Å². The Morgan fingerprint density at radius 3 is 2.83 bits per heavy atom. The number of carbonyl (C=O) groups is 1. The third kappa shape index (κ3) is 5.85. The number of unbranched alkanes of at least 4 members (excludes halogenated alkanes) is 3. The molecule has 0 aromatic heterocycles. The number of rotatable bonds is 8. The Balaban J connectivity index is 2.24. The number of carboxylic acid groups (broad SMARTS) is 1. The summed E-state index contributed by atoms with van der Waals surface area (Å²) in [5, 5.41) is 8.87. The largest absolute Gasteiger partial charge is 0.481 e. The van der Waals surface area contributed by atoms with E-state index in [-0.39, 0.29) is 0 Å². The molecule has 0 radical (unpaired) electrons. The van der Waals surface area contributed by atoms with Crippen LogP contribution in [0.5, 0.6) is 0 Å². The van der Waals surface area contributed by atoms with E-state index in [1.54, 1.807) is 0 Å². The summed E-state index contributed by atoms with van der Waals surface area (Å²) in [4.78, 5) is 13.3. The van der Waals surface area contributed by atoms with Crippen molar-refractivity contribution in [2.75, 3.05) is 13.1 Å². The van der Waals surface area contributed by atoms with Crippen LogP contribution in [0.4, 0.5) is 0 Å². The van der Waals surface area contributed by atoms with Gasteiger partial charge in [0, 0.05) is 19.0 Å². The van der Waals surface area contributed by atoms with Crippen LogP contribution in [-0.2, 0) is 4.79 Å². The molecule has 1 heterocycles. The summed E-state index contributed by atoms with van der Waals surface area (Å²) < 4.78 is 0. The number of likely N-dealkylation sites (tertiary alicyclic amines) is 1. The van der Waals surface area contributed by atoms with Gasteiger partial charge in [0.05, 0.1) is 0 Å². The molecule has 1 aliphatic rings. The zero-order valence-corrected chi connectivity index (χ0v) is 12.0. The SMILES string of the molecule is CCCCCCC(C)N1CCCC(CC(=O)O)C1. The van der Waals surface area contributed by atoms with Gasteiger partial charge in [0.15, 0.2) is 0 Å². The van der Waals surface area contributed by atoms with E-state index < -0.39 is 5.97 Å². The molecule has 1 saturated heterocycles. The average molecular weight is 255 g/mol. The quantitative estimate of drug-likeness (QED) is 0.674. The first kappa shape index (κ1) is 15.5. The minimum atomic E-state index is -0.641. The van der Waals surface area contributed by atoms with E-state index in [2.05, 4.69) is 18.7 Å². The number of nitrogens with zero attached hydrogens (tertiary/aromatic N) is 1. The monoisotopic (exact) mass is 255 g/mol. The average Bonchev–Trinajstić information content (AvgIpc) is 2.34. The third-order valence-corrected chi connectivity index (χ3v) is 4.11. The van der Waals surface area contributed by atoms with E-state index in [1.807, 2.05) is 0 Å². The minimum Gasteiger partial charge on any atom is -0.481 e. The predicted molar refractivity (Wildman–Crippen MR) is 74.8 cm³/mol. The van der Waals surface area contributed by atoms with Gasteiger partial charge in [0.25, 0.3) is 0 Å². The number of hydrogen-bond donors (Lipinski definition) is 1. The molecule has 0 aromatic rings. The molecule has 0 aromatic carbocycles. The number of hydrogen-bond acceptors (Lipinski definition) is 2. The first-order valence-electron chi connectivity index (χ1n) is 7.59. The van der Waals surface area contributed by atoms with Crippen molar-refractivity contribution in [3.05, 3.63) is 0 Å². The molecule has 0 spiro atoms. The summed E-state index contributed by atoms with van der Waals surface area (Å²) in [6.07, 6.45) is 9.15. The zero-order valence-electron chi connectivity index (χ0n) is 12.0. The van der Waals surface area contributed by atoms with Crippen molar-refractivity contribution in [3.63, 3.8) is 0 Å². The van der Waals surface area contributed by atoms with Crippen molar-refractivity contribution in [3.8, 4) is 0 Å². The topological polar surface area (TPSA) is 40.5 Å². The van der Waals surface area contributed by atoms with Crippen molar-refractivity contribution in [2.24, 2.45) is 5.92 Å². The van der Waals surface area contributed by atoms with Crippen molar-refractivity contribution < 1.29 is 9.90 Å². The van der Waals surface area contributed by atoms with E-state index in [1.165, 1.54) is 32.1 Å². The van der Waals surface area contributed by atoms with Crippen LogP contribution >= 0.6 is 0 Å². The fraction of sp³-hybridized carbons (Fsp3) is 0.933. The number of aliphatic carboxylic acids is 1. The van der Waals surface area contributed by atoms with Crippen LogP contribution in [-0.4, -0.2) is 35.1 Å². The van der Waals surface area contributed by atoms with E-state index in [0.717, 1.165) is 25.9 Å². The Kier molecular flexibility index (Phi) is 7.33. The zero-order chi connectivity index (χ0) is 13.4. The molecule has 2 unspecified atom stereocenters. The molecule has 106 valence electrons. The summed E-state index contributed by atoms with van der Waals surface area (Å²) in [6, 6.07) is 0.624. The van der Waals surface area contributed by atoms with Crippen molar-refractivity contribution in [1.29, 1.82) is 0 Å². The van der Waals surface area contributed by atoms with Gasteiger partial charge in [-0.1, -0.05) is 32.6 Å². The smallest absolute Gasteiger partial charge is 0.303 e. The third-order valence-electron chi connectivity index (χ3n) is 4.11. The molecule has 18 heavy (non-hydrogen) atoms. The lowest BCUT2D eigenvalue weighted by Gasteiger charge is -2.36. The Morgan fingerprint density at radius 1 is 1.39 bits per heavy atom. The molecule has 0 amide bonds. The predicted octanol–water partition coefficient (Wildman–Crippen LogP) is 3.53. The highest BCUT2D eigenvalue weighted by atomic mass is 16.4. The van der Waals surface area contributed by atoms with E-state index >= 15 is 0 Å². The van der Waals surface area contributed by atoms with Gasteiger partial charge >= 0.3 is 5.97 Å². The van der Waals surface area contributed by atoms with E-state index in [9.17, 15) is 4.79 Å². The van der Waals surface area contributed by atoms with Gasteiger partial charge in [0.1, 0.15) is 0 Å². The maximum atomic E-state index is 10.8. The maximum absolute atomic E-state index is 10.8. The Morgan fingerprint density at radius 2 is 2.17 bits per heavy atom. The lowest BCUT2D eigenvalue weighted by atomic mass is 9.93. The minimum absolute atomic E-state index is 0.346. The second kappa shape index (κ2) is 8.52. The van der Waals surface area contributed by atoms with Crippen LogP contribution in [0.25, 0.3) is 0 Å². The first-order valence-corrected chi connectivity index (χ1v) is 7.59. The number of piperidine rings is 1. The highest BCUT2D eigenvalue weighted by Gasteiger charge is 2.24. The van der Waals surface area contributed by atoms with Gasteiger partial charge in [0.2, 0.25) is 0 Å². The normalized spacial score (nSPS) is 22.9. The standard InChI is InChI=1S/C15H29NO2/c1-3-4-5-6-8-13(2)16-10-7-9-14(12-16)11-15(17)18/h13-14H,3-12H2,1-2H3,(H,17,18). The molecule has 1 fully saturated rings. The molecular weight excluding hydrogens is 226 g/mol. The first-order chi connectivity index (χ1) is 8.63. The lowest BCUT2D eigenvalue weighted by Crippen LogP contribution is -2.41. The maximum Gasteiger partial charge on any atom is 0.303 e. The lowest BCUT2D eigenvalue weighted by molar-refractivity contribution is -0.138. The molecule has 2 atom stereocenters. The van der Waals surface area contributed by atoms with Crippen LogP contribution in [0.15, 0.2) is 0 Å². The molecule has 0 bridgehead atoms. The molecule has 1 N–H and O–H groups in total. The molecule has 1 aliphatic heterocycles. The fourth-order valence-corrected chi connectivity index (χ4v) is 2.96. The van der Waals surface area contributed by atoms with Crippen LogP contribution in [0, 0.1) is 5.92 Å². The van der Waals surface area contributed by atoms with E-state index in [4.69, 9.17) is 5.11 Å². The second-order valence-corrected chi connectivity index (χ2v) is 5.80. The fourth-order valence-electron chi connectivity index (χ4n) is 2.96. The molecule has 3 nitrogen and oxygen atoms in total. The van der Waals surface area contributed by atoms with Crippen molar-refractivity contribution >= 4 is 5.97 Å². The van der Waals surface area contributed by atoms with Gasteiger partial charge < -0.3 is 10.0 Å². The highest BCUT2D eigenvalue weighted by molar-refractivity contribution is 5.67. The van der Waals surface area contributed by atoms with Crippen LogP contribution in [0.1, 0.15) is 65.2 Å². The molecule has 0 aliphatic carbocycles. The molecule has 0 saturated carbocycles. The molecular formula is C15H29NO2. The highest BCUT2D eigenvalue weighted by Crippen LogP contribution is 2.23. The van der Waals surface area contributed by atoms with Gasteiger partial charge in [-0.05, 0) is 38.6 Å². The Hall–Kier alpha value is -0.570.